The first kappa shape index (κ1) is 16.7. The molecule has 1 unspecified atom stereocenters. The minimum absolute atomic E-state index is 0.0670. The minimum Gasteiger partial charge on any atom is -0.481 e. The molecular weight excluding hydrogens is 300 g/mol. The van der Waals surface area contributed by atoms with E-state index in [9.17, 15) is 9.90 Å². The van der Waals surface area contributed by atoms with Gasteiger partial charge in [-0.1, -0.05) is 44.2 Å². The van der Waals surface area contributed by atoms with E-state index in [-0.39, 0.29) is 18.4 Å². The van der Waals surface area contributed by atoms with Gasteiger partial charge in [0.25, 0.3) is 0 Å². The van der Waals surface area contributed by atoms with Gasteiger partial charge in [-0.3, -0.25) is 4.79 Å². The molecule has 0 saturated heterocycles. The highest BCUT2D eigenvalue weighted by molar-refractivity contribution is 5.68. The fourth-order valence-electron chi connectivity index (χ4n) is 3.89. The zero-order valence-electron chi connectivity index (χ0n) is 14.7. The number of carbonyl (C=O) groups is 1. The molecule has 0 fully saturated rings. The summed E-state index contributed by atoms with van der Waals surface area (Å²) in [5.41, 5.74) is 3.50. The van der Waals surface area contributed by atoms with E-state index in [1.165, 1.54) is 5.56 Å². The summed E-state index contributed by atoms with van der Waals surface area (Å²) in [5, 5.41) is 9.32. The van der Waals surface area contributed by atoms with Crippen molar-refractivity contribution in [1.29, 1.82) is 0 Å². The molecule has 1 N–H and O–H groups in total. The van der Waals surface area contributed by atoms with Crippen molar-refractivity contribution >= 4 is 5.97 Å². The van der Waals surface area contributed by atoms with Gasteiger partial charge in [0, 0.05) is 17.5 Å². The second-order valence-corrected chi connectivity index (χ2v) is 7.10. The number of hydrogen-bond donors (Lipinski definition) is 1. The van der Waals surface area contributed by atoms with Crippen LogP contribution in [0.3, 0.4) is 0 Å². The summed E-state index contributed by atoms with van der Waals surface area (Å²) in [6.07, 6.45) is 3.11. The lowest BCUT2D eigenvalue weighted by molar-refractivity contribution is -0.137. The SMILES string of the molecule is CC(C)c1nc2c(n1[C@H](C)c1ccccc1)C(CC(=O)O)CCC2. The summed E-state index contributed by atoms with van der Waals surface area (Å²) in [7, 11) is 0. The van der Waals surface area contributed by atoms with Crippen LogP contribution in [0.15, 0.2) is 30.3 Å². The van der Waals surface area contributed by atoms with Gasteiger partial charge >= 0.3 is 5.97 Å². The fourth-order valence-corrected chi connectivity index (χ4v) is 3.89. The highest BCUT2D eigenvalue weighted by Crippen LogP contribution is 2.39. The van der Waals surface area contributed by atoms with E-state index in [4.69, 9.17) is 4.98 Å². The van der Waals surface area contributed by atoms with Crippen LogP contribution in [0.1, 0.15) is 80.7 Å². The number of carboxylic acids is 1. The van der Waals surface area contributed by atoms with Crippen LogP contribution >= 0.6 is 0 Å². The number of aromatic nitrogens is 2. The molecule has 1 aliphatic rings. The topological polar surface area (TPSA) is 55.1 Å². The van der Waals surface area contributed by atoms with Crippen LogP contribution in [0.5, 0.6) is 0 Å². The molecule has 0 bridgehead atoms. The molecule has 1 aliphatic carbocycles. The standard InChI is InChI=1S/C20H26N2O2/c1-13(2)20-21-17-11-7-10-16(12-18(23)24)19(17)22(20)14(3)15-8-5-4-6-9-15/h4-6,8-9,13-14,16H,7,10-12H2,1-3H3,(H,23,24)/t14-,16?/m1/s1. The number of rotatable bonds is 5. The monoisotopic (exact) mass is 326 g/mol. The fraction of sp³-hybridized carbons (Fsp3) is 0.500. The predicted octanol–water partition coefficient (Wildman–Crippen LogP) is 4.51. The Morgan fingerprint density at radius 1 is 1.29 bits per heavy atom. The smallest absolute Gasteiger partial charge is 0.304 e. The molecule has 4 nitrogen and oxygen atoms in total. The lowest BCUT2D eigenvalue weighted by atomic mass is 9.87. The number of aryl methyl sites for hydroxylation is 1. The van der Waals surface area contributed by atoms with E-state index >= 15 is 0 Å². The van der Waals surface area contributed by atoms with Crippen molar-refractivity contribution in [2.75, 3.05) is 0 Å². The van der Waals surface area contributed by atoms with Gasteiger partial charge in [0.15, 0.2) is 0 Å². The Morgan fingerprint density at radius 3 is 2.62 bits per heavy atom. The average Bonchev–Trinajstić information content (AvgIpc) is 2.95. The molecule has 3 rings (SSSR count). The summed E-state index contributed by atoms with van der Waals surface area (Å²) in [6.45, 7) is 6.51. The van der Waals surface area contributed by atoms with Crippen LogP contribution in [0.25, 0.3) is 0 Å². The molecule has 2 aromatic rings. The molecule has 0 saturated carbocycles. The molecular formula is C20H26N2O2. The number of fused-ring (bicyclic) bond motifs is 1. The van der Waals surface area contributed by atoms with Crippen molar-refractivity contribution in [3.8, 4) is 0 Å². The number of aliphatic carboxylic acids is 1. The molecule has 0 spiro atoms. The summed E-state index contributed by atoms with van der Waals surface area (Å²) < 4.78 is 2.32. The quantitative estimate of drug-likeness (QED) is 0.879. The van der Waals surface area contributed by atoms with E-state index < -0.39 is 5.97 Å². The van der Waals surface area contributed by atoms with Gasteiger partial charge in [-0.15, -0.1) is 0 Å². The van der Waals surface area contributed by atoms with Gasteiger partial charge in [0.1, 0.15) is 5.82 Å². The zero-order valence-corrected chi connectivity index (χ0v) is 14.7. The maximum atomic E-state index is 11.3. The maximum absolute atomic E-state index is 11.3. The van der Waals surface area contributed by atoms with Crippen molar-refractivity contribution < 1.29 is 9.90 Å². The third kappa shape index (κ3) is 3.10. The Balaban J connectivity index is 2.12. The van der Waals surface area contributed by atoms with Gasteiger partial charge in [-0.05, 0) is 31.7 Å². The van der Waals surface area contributed by atoms with Gasteiger partial charge in [-0.2, -0.15) is 0 Å². The Labute approximate surface area is 143 Å². The molecule has 1 aromatic carbocycles. The van der Waals surface area contributed by atoms with Crippen molar-refractivity contribution in [1.82, 2.24) is 9.55 Å². The average molecular weight is 326 g/mol. The Bertz CT molecular complexity index is 719. The molecule has 4 heteroatoms. The molecule has 2 atom stereocenters. The van der Waals surface area contributed by atoms with Crippen LogP contribution in [0.4, 0.5) is 0 Å². The van der Waals surface area contributed by atoms with Crippen LogP contribution in [-0.2, 0) is 11.2 Å². The lowest BCUT2D eigenvalue weighted by Crippen LogP contribution is -2.21. The van der Waals surface area contributed by atoms with Crippen molar-refractivity contribution in [2.45, 2.75) is 64.3 Å². The summed E-state index contributed by atoms with van der Waals surface area (Å²) >= 11 is 0. The van der Waals surface area contributed by atoms with Gasteiger partial charge in [0.05, 0.1) is 18.2 Å². The van der Waals surface area contributed by atoms with E-state index in [1.54, 1.807) is 0 Å². The molecule has 24 heavy (non-hydrogen) atoms. The molecule has 0 aliphatic heterocycles. The molecule has 1 aromatic heterocycles. The Hall–Kier alpha value is -2.10. The Morgan fingerprint density at radius 2 is 2.00 bits per heavy atom. The molecule has 0 radical (unpaired) electrons. The van der Waals surface area contributed by atoms with E-state index in [0.29, 0.717) is 5.92 Å². The second-order valence-electron chi connectivity index (χ2n) is 7.10. The van der Waals surface area contributed by atoms with Crippen LogP contribution < -0.4 is 0 Å². The highest BCUT2D eigenvalue weighted by Gasteiger charge is 2.32. The van der Waals surface area contributed by atoms with Gasteiger partial charge in [-0.25, -0.2) is 4.98 Å². The summed E-state index contributed by atoms with van der Waals surface area (Å²) in [6, 6.07) is 10.6. The lowest BCUT2D eigenvalue weighted by Gasteiger charge is -2.27. The number of benzene rings is 1. The third-order valence-electron chi connectivity index (χ3n) is 5.01. The third-order valence-corrected chi connectivity index (χ3v) is 5.01. The predicted molar refractivity (Wildman–Crippen MR) is 94.5 cm³/mol. The van der Waals surface area contributed by atoms with E-state index in [1.807, 2.05) is 6.07 Å². The van der Waals surface area contributed by atoms with Gasteiger partial charge in [0.2, 0.25) is 0 Å². The van der Waals surface area contributed by atoms with E-state index in [2.05, 4.69) is 49.6 Å². The molecule has 0 amide bonds. The van der Waals surface area contributed by atoms with Crippen molar-refractivity contribution in [2.24, 2.45) is 0 Å². The first-order valence-electron chi connectivity index (χ1n) is 8.86. The zero-order chi connectivity index (χ0) is 17.3. The number of carboxylic acid groups (broad SMARTS) is 1. The van der Waals surface area contributed by atoms with Crippen LogP contribution in [0, 0.1) is 0 Å². The first-order chi connectivity index (χ1) is 11.5. The number of hydrogen-bond acceptors (Lipinski definition) is 2. The molecule has 128 valence electrons. The number of nitrogens with zero attached hydrogens (tertiary/aromatic N) is 2. The van der Waals surface area contributed by atoms with Crippen LogP contribution in [0.2, 0.25) is 0 Å². The summed E-state index contributed by atoms with van der Waals surface area (Å²) in [5.74, 6) is 0.734. The number of imidazole rings is 1. The molecule has 1 heterocycles. The minimum atomic E-state index is -0.723. The van der Waals surface area contributed by atoms with Crippen molar-refractivity contribution in [3.05, 3.63) is 53.1 Å². The largest absolute Gasteiger partial charge is 0.481 e. The van der Waals surface area contributed by atoms with Gasteiger partial charge < -0.3 is 9.67 Å². The normalized spacial score (nSPS) is 18.4. The highest BCUT2D eigenvalue weighted by atomic mass is 16.4. The first-order valence-corrected chi connectivity index (χ1v) is 8.86. The summed E-state index contributed by atoms with van der Waals surface area (Å²) in [4.78, 5) is 16.3. The maximum Gasteiger partial charge on any atom is 0.304 e. The van der Waals surface area contributed by atoms with E-state index in [0.717, 1.165) is 36.5 Å². The Kier molecular flexibility index (Phi) is 4.74. The van der Waals surface area contributed by atoms with Crippen LogP contribution in [-0.4, -0.2) is 20.6 Å². The van der Waals surface area contributed by atoms with Crippen molar-refractivity contribution in [3.63, 3.8) is 0 Å². The second kappa shape index (κ2) is 6.80.